The zero-order valence-corrected chi connectivity index (χ0v) is 18.8. The van der Waals surface area contributed by atoms with E-state index < -0.39 is 0 Å². The van der Waals surface area contributed by atoms with E-state index in [0.29, 0.717) is 5.92 Å². The summed E-state index contributed by atoms with van der Waals surface area (Å²) in [5.41, 5.74) is 3.19. The number of likely N-dealkylation sites (tertiary alicyclic amines) is 1. The van der Waals surface area contributed by atoms with Gasteiger partial charge in [0.1, 0.15) is 10.8 Å². The van der Waals surface area contributed by atoms with E-state index in [1.54, 1.807) is 25.1 Å². The minimum atomic E-state index is 0.110. The van der Waals surface area contributed by atoms with E-state index >= 15 is 0 Å². The van der Waals surface area contributed by atoms with Crippen LogP contribution in [0.3, 0.4) is 0 Å². The van der Waals surface area contributed by atoms with Gasteiger partial charge >= 0.3 is 0 Å². The van der Waals surface area contributed by atoms with Crippen LogP contribution in [0.2, 0.25) is 0 Å². The van der Waals surface area contributed by atoms with Crippen LogP contribution >= 0.6 is 11.8 Å². The molecule has 0 unspecified atom stereocenters. The Hall–Kier alpha value is -3.25. The van der Waals surface area contributed by atoms with E-state index in [4.69, 9.17) is 4.74 Å². The number of nitrogens with one attached hydrogen (secondary N) is 1. The van der Waals surface area contributed by atoms with Crippen LogP contribution in [0.25, 0.3) is 10.9 Å². The highest BCUT2D eigenvalue weighted by Crippen LogP contribution is 2.35. The third-order valence-corrected chi connectivity index (χ3v) is 7.06. The van der Waals surface area contributed by atoms with Gasteiger partial charge in [0.2, 0.25) is 0 Å². The molecule has 162 valence electrons. The van der Waals surface area contributed by atoms with Crippen molar-refractivity contribution in [3.05, 3.63) is 84.2 Å². The number of carbonyl (C=O) groups is 1. The molecule has 2 aromatic carbocycles. The molecule has 4 aromatic rings. The molecule has 2 aromatic heterocycles. The molecule has 5 nitrogen and oxygen atoms in total. The average Bonchev–Trinajstić information content (AvgIpc) is 3.28. The van der Waals surface area contributed by atoms with Crippen molar-refractivity contribution in [1.82, 2.24) is 14.9 Å². The van der Waals surface area contributed by atoms with E-state index in [-0.39, 0.29) is 5.91 Å². The van der Waals surface area contributed by atoms with Crippen LogP contribution in [0.5, 0.6) is 5.75 Å². The van der Waals surface area contributed by atoms with Crippen LogP contribution in [0, 0.1) is 0 Å². The van der Waals surface area contributed by atoms with Crippen molar-refractivity contribution in [1.29, 1.82) is 0 Å². The van der Waals surface area contributed by atoms with Gasteiger partial charge in [0.25, 0.3) is 5.91 Å². The second-order valence-electron chi connectivity index (χ2n) is 8.02. The second-order valence-corrected chi connectivity index (χ2v) is 9.11. The topological polar surface area (TPSA) is 58.2 Å². The summed E-state index contributed by atoms with van der Waals surface area (Å²) in [5.74, 6) is 1.42. The molecule has 1 amide bonds. The highest BCUT2D eigenvalue weighted by Gasteiger charge is 2.26. The number of fused-ring (bicyclic) bond motifs is 1. The lowest BCUT2D eigenvalue weighted by Crippen LogP contribution is -2.37. The molecule has 0 atom stereocenters. The molecule has 0 saturated carbocycles. The predicted molar refractivity (Wildman–Crippen MR) is 128 cm³/mol. The van der Waals surface area contributed by atoms with Gasteiger partial charge in [-0.1, -0.05) is 17.8 Å². The van der Waals surface area contributed by atoms with Crippen molar-refractivity contribution in [2.45, 2.75) is 28.7 Å². The number of amides is 1. The smallest absolute Gasteiger partial charge is 0.253 e. The van der Waals surface area contributed by atoms with Crippen molar-refractivity contribution < 1.29 is 9.53 Å². The van der Waals surface area contributed by atoms with Crippen molar-refractivity contribution in [2.75, 3.05) is 20.2 Å². The van der Waals surface area contributed by atoms with Crippen LogP contribution in [0.15, 0.2) is 83.0 Å². The molecule has 1 N–H and O–H groups in total. The number of methoxy groups -OCH3 is 1. The fourth-order valence-electron chi connectivity index (χ4n) is 4.36. The Labute approximate surface area is 191 Å². The Morgan fingerprint density at radius 3 is 2.62 bits per heavy atom. The first-order valence-corrected chi connectivity index (χ1v) is 11.7. The lowest BCUT2D eigenvalue weighted by atomic mass is 9.89. The number of pyridine rings is 1. The molecule has 0 bridgehead atoms. The third kappa shape index (κ3) is 4.23. The normalized spacial score (nSPS) is 14.6. The van der Waals surface area contributed by atoms with Gasteiger partial charge in [-0.2, -0.15) is 0 Å². The molecule has 0 aliphatic carbocycles. The molecule has 0 spiro atoms. The first-order chi connectivity index (χ1) is 15.7. The number of hydrogen-bond donors (Lipinski definition) is 1. The molecular formula is C26H25N3O2S. The van der Waals surface area contributed by atoms with Crippen molar-refractivity contribution >= 4 is 28.6 Å². The highest BCUT2D eigenvalue weighted by molar-refractivity contribution is 7.99. The number of aromatic nitrogens is 2. The van der Waals surface area contributed by atoms with Gasteiger partial charge in [-0.25, -0.2) is 4.98 Å². The number of nitrogens with zero attached hydrogens (tertiary/aromatic N) is 2. The van der Waals surface area contributed by atoms with E-state index in [1.807, 2.05) is 53.4 Å². The largest absolute Gasteiger partial charge is 0.497 e. The molecule has 1 fully saturated rings. The molecule has 0 radical (unpaired) electrons. The molecule has 1 aliphatic rings. The summed E-state index contributed by atoms with van der Waals surface area (Å²) in [6.07, 6.45) is 5.83. The Bertz CT molecular complexity index is 1210. The van der Waals surface area contributed by atoms with Gasteiger partial charge in [0.15, 0.2) is 0 Å². The Morgan fingerprint density at radius 2 is 1.91 bits per heavy atom. The maximum absolute atomic E-state index is 13.0. The maximum atomic E-state index is 13.0. The van der Waals surface area contributed by atoms with Gasteiger partial charge < -0.3 is 14.6 Å². The molecule has 1 aliphatic heterocycles. The summed E-state index contributed by atoms with van der Waals surface area (Å²) in [7, 11) is 1.70. The first kappa shape index (κ1) is 20.6. The van der Waals surface area contributed by atoms with Crippen molar-refractivity contribution in [2.24, 2.45) is 0 Å². The van der Waals surface area contributed by atoms with Crippen LogP contribution in [-0.4, -0.2) is 41.0 Å². The fraction of sp³-hybridized carbons (Fsp3) is 0.231. The Kier molecular flexibility index (Phi) is 5.86. The van der Waals surface area contributed by atoms with Gasteiger partial charge in [0, 0.05) is 46.8 Å². The molecule has 3 heterocycles. The number of carbonyl (C=O) groups excluding carboxylic acids is 1. The minimum Gasteiger partial charge on any atom is -0.497 e. The summed E-state index contributed by atoms with van der Waals surface area (Å²) in [6, 6.07) is 19.8. The zero-order valence-electron chi connectivity index (χ0n) is 18.0. The molecule has 32 heavy (non-hydrogen) atoms. The van der Waals surface area contributed by atoms with E-state index in [1.165, 1.54) is 10.9 Å². The number of aromatic amines is 1. The number of rotatable bonds is 5. The van der Waals surface area contributed by atoms with E-state index in [2.05, 4.69) is 28.3 Å². The lowest BCUT2D eigenvalue weighted by Gasteiger charge is -2.32. The van der Waals surface area contributed by atoms with Gasteiger partial charge in [0.05, 0.1) is 7.11 Å². The number of ether oxygens (including phenoxy) is 1. The number of piperidine rings is 1. The van der Waals surface area contributed by atoms with E-state index in [0.717, 1.165) is 52.7 Å². The van der Waals surface area contributed by atoms with Crippen LogP contribution in [0.4, 0.5) is 0 Å². The summed E-state index contributed by atoms with van der Waals surface area (Å²) in [6.45, 7) is 1.54. The number of H-pyrrole nitrogens is 1. The summed E-state index contributed by atoms with van der Waals surface area (Å²) < 4.78 is 5.40. The van der Waals surface area contributed by atoms with Gasteiger partial charge in [-0.3, -0.25) is 4.79 Å². The SMILES string of the molecule is COc1ccc2[nH]cc(C3CCN(C(=O)c4ccc(Sc5ccccn5)cc4)CC3)c2c1. The van der Waals surface area contributed by atoms with Crippen LogP contribution in [-0.2, 0) is 0 Å². The minimum absolute atomic E-state index is 0.110. The predicted octanol–water partition coefficient (Wildman–Crippen LogP) is 5.74. The maximum Gasteiger partial charge on any atom is 0.253 e. The van der Waals surface area contributed by atoms with E-state index in [9.17, 15) is 4.79 Å². The fourth-order valence-corrected chi connectivity index (χ4v) is 5.13. The second kappa shape index (κ2) is 9.09. The summed E-state index contributed by atoms with van der Waals surface area (Å²) >= 11 is 1.60. The van der Waals surface area contributed by atoms with Gasteiger partial charge in [-0.15, -0.1) is 0 Å². The lowest BCUT2D eigenvalue weighted by molar-refractivity contribution is 0.0713. The van der Waals surface area contributed by atoms with Crippen molar-refractivity contribution in [3.8, 4) is 5.75 Å². The Balaban J connectivity index is 1.23. The van der Waals surface area contributed by atoms with Crippen LogP contribution in [0.1, 0.15) is 34.7 Å². The summed E-state index contributed by atoms with van der Waals surface area (Å²) in [4.78, 5) is 23.8. The van der Waals surface area contributed by atoms with Crippen molar-refractivity contribution in [3.63, 3.8) is 0 Å². The quantitative estimate of drug-likeness (QED) is 0.427. The third-order valence-electron chi connectivity index (χ3n) is 6.10. The first-order valence-electron chi connectivity index (χ1n) is 10.8. The molecular weight excluding hydrogens is 418 g/mol. The number of benzene rings is 2. The molecule has 5 rings (SSSR count). The van der Waals surface area contributed by atoms with Crippen LogP contribution < -0.4 is 4.74 Å². The Morgan fingerprint density at radius 1 is 1.09 bits per heavy atom. The summed E-state index contributed by atoms with van der Waals surface area (Å²) in [5, 5.41) is 2.17. The average molecular weight is 444 g/mol. The standard InChI is InChI=1S/C26H25N3O2S/c1-31-20-7-10-24-22(16-20)23(17-28-24)18-11-14-29(15-12-18)26(30)19-5-8-21(9-6-19)32-25-4-2-3-13-27-25/h2-10,13,16-18,28H,11-12,14-15H2,1H3. The highest BCUT2D eigenvalue weighted by atomic mass is 32.2. The molecule has 1 saturated heterocycles. The molecule has 6 heteroatoms. The van der Waals surface area contributed by atoms with Gasteiger partial charge in [-0.05, 0) is 78.9 Å². The number of hydrogen-bond acceptors (Lipinski definition) is 4. The zero-order chi connectivity index (χ0) is 21.9. The monoisotopic (exact) mass is 443 g/mol.